The molecular weight excluding hydrogens is 218 g/mol. The molecule has 0 saturated heterocycles. The number of aryl methyl sites for hydroxylation is 1. The summed E-state index contributed by atoms with van der Waals surface area (Å²) in [6.45, 7) is 6.52. The predicted molar refractivity (Wildman–Crippen MR) is 79.6 cm³/mol. The van der Waals surface area contributed by atoms with Crippen molar-refractivity contribution in [2.45, 2.75) is 40.0 Å². The molecule has 0 aliphatic rings. The second-order valence-electron chi connectivity index (χ2n) is 4.46. The van der Waals surface area contributed by atoms with Crippen LogP contribution in [0.25, 0.3) is 11.1 Å². The molecule has 0 unspecified atom stereocenters. The van der Waals surface area contributed by atoms with Crippen LogP contribution in [0.1, 0.15) is 38.7 Å². The van der Waals surface area contributed by atoms with Gasteiger partial charge in [0.2, 0.25) is 0 Å². The van der Waals surface area contributed by atoms with Gasteiger partial charge in [0, 0.05) is 12.4 Å². The molecule has 0 bridgehead atoms. The van der Waals surface area contributed by atoms with Crippen molar-refractivity contribution in [1.29, 1.82) is 0 Å². The van der Waals surface area contributed by atoms with Gasteiger partial charge in [-0.05, 0) is 30.2 Å². The third kappa shape index (κ3) is 5.13. The summed E-state index contributed by atoms with van der Waals surface area (Å²) in [5.41, 5.74) is 3.75. The van der Waals surface area contributed by atoms with Gasteiger partial charge in [-0.1, -0.05) is 62.9 Å². The summed E-state index contributed by atoms with van der Waals surface area (Å²) in [5.74, 6) is 0. The number of hydrogen-bond acceptors (Lipinski definition) is 1. The molecule has 0 atom stereocenters. The summed E-state index contributed by atoms with van der Waals surface area (Å²) in [7, 11) is 0. The third-order valence-corrected chi connectivity index (χ3v) is 2.77. The number of nitrogens with zero attached hydrogens (tertiary/aromatic N) is 1. The van der Waals surface area contributed by atoms with Gasteiger partial charge in [0.25, 0.3) is 0 Å². The summed E-state index contributed by atoms with van der Waals surface area (Å²) >= 11 is 0. The minimum Gasteiger partial charge on any atom is -0.265 e. The Labute approximate surface area is 111 Å². The molecule has 18 heavy (non-hydrogen) atoms. The van der Waals surface area contributed by atoms with Gasteiger partial charge in [0.1, 0.15) is 0 Å². The van der Waals surface area contributed by atoms with E-state index in [1.807, 2.05) is 24.5 Å². The van der Waals surface area contributed by atoms with Crippen LogP contribution in [0.3, 0.4) is 0 Å². The minimum absolute atomic E-state index is 1.22. The molecule has 1 nitrogen and oxygen atoms in total. The fraction of sp³-hybridized carbons (Fsp3) is 0.353. The maximum absolute atomic E-state index is 3.99. The van der Waals surface area contributed by atoms with Crippen LogP contribution in [0.2, 0.25) is 0 Å². The standard InChI is InChI=1S/C12H11N.C5H12/c1-10-2-4-11(5-3-10)12-6-8-13-9-7-12;1-3-5-4-2/h2-9H,1H3;3-5H2,1-2H3. The lowest BCUT2D eigenvalue weighted by Gasteiger charge is -2.00. The molecule has 1 aromatic heterocycles. The Morgan fingerprint density at radius 2 is 1.28 bits per heavy atom. The number of rotatable bonds is 3. The molecule has 0 spiro atoms. The van der Waals surface area contributed by atoms with Gasteiger partial charge in [-0.2, -0.15) is 0 Å². The van der Waals surface area contributed by atoms with E-state index in [4.69, 9.17) is 0 Å². The average Bonchev–Trinajstić information content (AvgIpc) is 2.42. The monoisotopic (exact) mass is 241 g/mol. The highest BCUT2D eigenvalue weighted by atomic mass is 14.6. The first-order chi connectivity index (χ1) is 8.77. The second-order valence-corrected chi connectivity index (χ2v) is 4.46. The SMILES string of the molecule is CCCCC.Cc1ccc(-c2ccncc2)cc1. The van der Waals surface area contributed by atoms with Gasteiger partial charge >= 0.3 is 0 Å². The molecule has 0 aliphatic heterocycles. The zero-order valence-electron chi connectivity index (χ0n) is 11.7. The maximum atomic E-state index is 3.99. The molecule has 0 saturated carbocycles. The maximum Gasteiger partial charge on any atom is 0.0273 e. The predicted octanol–water partition coefficient (Wildman–Crippen LogP) is 5.25. The quantitative estimate of drug-likeness (QED) is 0.715. The molecule has 1 heterocycles. The molecule has 0 amide bonds. The Morgan fingerprint density at radius 3 is 1.72 bits per heavy atom. The van der Waals surface area contributed by atoms with Crippen LogP contribution >= 0.6 is 0 Å². The molecule has 96 valence electrons. The molecular formula is C17H23N. The van der Waals surface area contributed by atoms with Gasteiger partial charge < -0.3 is 0 Å². The molecule has 0 aliphatic carbocycles. The van der Waals surface area contributed by atoms with Crippen molar-refractivity contribution in [2.24, 2.45) is 0 Å². The summed E-state index contributed by atoms with van der Waals surface area (Å²) < 4.78 is 0. The Morgan fingerprint density at radius 1 is 0.778 bits per heavy atom. The Balaban J connectivity index is 0.000000280. The van der Waals surface area contributed by atoms with Crippen molar-refractivity contribution in [3.8, 4) is 11.1 Å². The van der Waals surface area contributed by atoms with Crippen molar-refractivity contribution in [1.82, 2.24) is 4.98 Å². The van der Waals surface area contributed by atoms with Gasteiger partial charge in [0.15, 0.2) is 0 Å². The zero-order chi connectivity index (χ0) is 13.2. The number of hydrogen-bond donors (Lipinski definition) is 0. The largest absolute Gasteiger partial charge is 0.265 e. The first-order valence-corrected chi connectivity index (χ1v) is 6.75. The number of unbranched alkanes of at least 4 members (excludes halogenated alkanes) is 2. The van der Waals surface area contributed by atoms with E-state index in [9.17, 15) is 0 Å². The van der Waals surface area contributed by atoms with Crippen molar-refractivity contribution >= 4 is 0 Å². The van der Waals surface area contributed by atoms with Crippen LogP contribution in [0.4, 0.5) is 0 Å². The highest BCUT2D eigenvalue weighted by Crippen LogP contribution is 2.17. The molecule has 2 aromatic rings. The normalized spacial score (nSPS) is 9.50. The third-order valence-electron chi connectivity index (χ3n) is 2.77. The van der Waals surface area contributed by atoms with E-state index in [0.29, 0.717) is 0 Å². The number of benzene rings is 1. The molecule has 1 aromatic carbocycles. The Kier molecular flexibility index (Phi) is 6.78. The minimum atomic E-state index is 1.22. The lowest BCUT2D eigenvalue weighted by atomic mass is 10.1. The van der Waals surface area contributed by atoms with Crippen molar-refractivity contribution in [3.63, 3.8) is 0 Å². The van der Waals surface area contributed by atoms with Crippen LogP contribution in [0, 0.1) is 6.92 Å². The lowest BCUT2D eigenvalue weighted by molar-refractivity contribution is 0.772. The van der Waals surface area contributed by atoms with Crippen LogP contribution in [-0.4, -0.2) is 4.98 Å². The van der Waals surface area contributed by atoms with E-state index < -0.39 is 0 Å². The molecule has 0 N–H and O–H groups in total. The Hall–Kier alpha value is -1.63. The van der Waals surface area contributed by atoms with Crippen LogP contribution in [0.15, 0.2) is 48.8 Å². The fourth-order valence-electron chi connectivity index (χ4n) is 1.64. The first-order valence-electron chi connectivity index (χ1n) is 6.75. The van der Waals surface area contributed by atoms with E-state index in [1.54, 1.807) is 0 Å². The van der Waals surface area contributed by atoms with Gasteiger partial charge in [-0.15, -0.1) is 0 Å². The molecule has 1 heteroatoms. The van der Waals surface area contributed by atoms with Gasteiger partial charge in [-0.3, -0.25) is 4.98 Å². The van der Waals surface area contributed by atoms with Crippen LogP contribution in [-0.2, 0) is 0 Å². The fourth-order valence-corrected chi connectivity index (χ4v) is 1.64. The summed E-state index contributed by atoms with van der Waals surface area (Å²) in [6.07, 6.45) is 7.71. The molecule has 0 fully saturated rings. The van der Waals surface area contributed by atoms with Crippen LogP contribution < -0.4 is 0 Å². The van der Waals surface area contributed by atoms with Crippen molar-refractivity contribution in [3.05, 3.63) is 54.4 Å². The lowest BCUT2D eigenvalue weighted by Crippen LogP contribution is -1.78. The summed E-state index contributed by atoms with van der Waals surface area (Å²) in [4.78, 5) is 3.99. The van der Waals surface area contributed by atoms with Crippen molar-refractivity contribution in [2.75, 3.05) is 0 Å². The van der Waals surface area contributed by atoms with E-state index in [0.717, 1.165) is 0 Å². The summed E-state index contributed by atoms with van der Waals surface area (Å²) in [5, 5.41) is 0. The average molecular weight is 241 g/mol. The zero-order valence-corrected chi connectivity index (χ0v) is 11.7. The van der Waals surface area contributed by atoms with Crippen LogP contribution in [0.5, 0.6) is 0 Å². The Bertz CT molecular complexity index is 415. The molecule has 0 radical (unpaired) electrons. The van der Waals surface area contributed by atoms with E-state index in [2.05, 4.69) is 50.0 Å². The highest BCUT2D eigenvalue weighted by molar-refractivity contribution is 5.62. The number of aromatic nitrogens is 1. The smallest absolute Gasteiger partial charge is 0.0273 e. The first kappa shape index (κ1) is 14.4. The van der Waals surface area contributed by atoms with E-state index in [-0.39, 0.29) is 0 Å². The van der Waals surface area contributed by atoms with E-state index >= 15 is 0 Å². The van der Waals surface area contributed by atoms with E-state index in [1.165, 1.54) is 36.0 Å². The topological polar surface area (TPSA) is 12.9 Å². The number of pyridine rings is 1. The molecule has 2 rings (SSSR count). The summed E-state index contributed by atoms with van der Waals surface area (Å²) in [6, 6.07) is 12.5. The highest BCUT2D eigenvalue weighted by Gasteiger charge is 1.94. The van der Waals surface area contributed by atoms with Gasteiger partial charge in [-0.25, -0.2) is 0 Å². The van der Waals surface area contributed by atoms with Gasteiger partial charge in [0.05, 0.1) is 0 Å². The van der Waals surface area contributed by atoms with Crippen molar-refractivity contribution < 1.29 is 0 Å². The second kappa shape index (κ2) is 8.46.